The Bertz CT molecular complexity index is 881. The van der Waals surface area contributed by atoms with Crippen molar-refractivity contribution < 1.29 is 4.74 Å². The van der Waals surface area contributed by atoms with Gasteiger partial charge >= 0.3 is 0 Å². The van der Waals surface area contributed by atoms with Gasteiger partial charge in [-0.15, -0.1) is 0 Å². The highest BCUT2D eigenvalue weighted by Crippen LogP contribution is 2.37. The monoisotopic (exact) mass is 311 g/mol. The predicted octanol–water partition coefficient (Wildman–Crippen LogP) is 2.19. The third kappa shape index (κ3) is 2.44. The van der Waals surface area contributed by atoms with E-state index < -0.39 is 0 Å². The summed E-state index contributed by atoms with van der Waals surface area (Å²) in [4.78, 5) is 9.19. The van der Waals surface area contributed by atoms with Gasteiger partial charge in [0.1, 0.15) is 17.9 Å². The second kappa shape index (κ2) is 5.18. The van der Waals surface area contributed by atoms with Crippen molar-refractivity contribution in [2.45, 2.75) is 38.5 Å². The van der Waals surface area contributed by atoms with E-state index >= 15 is 0 Å². The van der Waals surface area contributed by atoms with Crippen LogP contribution in [0.5, 0.6) is 0 Å². The molecule has 0 bridgehead atoms. The standard InChI is InChI=1S/C17H21N5O/c1-2-23-9-13-21-14-15(22(13)10-17(19)7-8-17)11-5-3-4-6-12(11)20-16(14)18/h3-6H,2,7-10,19H2,1H3,(H2,18,20). The summed E-state index contributed by atoms with van der Waals surface area (Å²) in [7, 11) is 0. The van der Waals surface area contributed by atoms with E-state index in [9.17, 15) is 0 Å². The Morgan fingerprint density at radius 2 is 2.04 bits per heavy atom. The predicted molar refractivity (Wildman–Crippen MR) is 90.9 cm³/mol. The van der Waals surface area contributed by atoms with Crippen LogP contribution in [0.2, 0.25) is 0 Å². The molecule has 0 atom stereocenters. The maximum absolute atomic E-state index is 6.37. The Balaban J connectivity index is 1.99. The normalized spacial score (nSPS) is 16.3. The van der Waals surface area contributed by atoms with Gasteiger partial charge in [0.05, 0.1) is 11.0 Å². The number of hydrogen-bond acceptors (Lipinski definition) is 5. The molecule has 4 N–H and O–H groups in total. The van der Waals surface area contributed by atoms with Crippen LogP contribution >= 0.6 is 0 Å². The third-order valence-corrected chi connectivity index (χ3v) is 4.49. The van der Waals surface area contributed by atoms with Crippen LogP contribution in [0, 0.1) is 0 Å². The molecule has 1 aromatic carbocycles. The number of fused-ring (bicyclic) bond motifs is 3. The van der Waals surface area contributed by atoms with Crippen molar-refractivity contribution in [3.63, 3.8) is 0 Å². The van der Waals surface area contributed by atoms with Gasteiger partial charge in [-0.2, -0.15) is 0 Å². The molecule has 1 aliphatic rings. The molecule has 0 unspecified atom stereocenters. The molecule has 6 heteroatoms. The van der Waals surface area contributed by atoms with Gasteiger partial charge < -0.3 is 20.8 Å². The fourth-order valence-corrected chi connectivity index (χ4v) is 3.01. The van der Waals surface area contributed by atoms with Crippen LogP contribution in [-0.4, -0.2) is 26.7 Å². The first-order valence-electron chi connectivity index (χ1n) is 8.01. The summed E-state index contributed by atoms with van der Waals surface area (Å²) in [5.41, 5.74) is 15.0. The Morgan fingerprint density at radius 3 is 2.78 bits per heavy atom. The summed E-state index contributed by atoms with van der Waals surface area (Å²) in [5.74, 6) is 1.32. The van der Waals surface area contributed by atoms with Crippen LogP contribution in [0.4, 0.5) is 5.82 Å². The molecule has 1 aliphatic carbocycles. The lowest BCUT2D eigenvalue weighted by Gasteiger charge is -2.15. The van der Waals surface area contributed by atoms with E-state index in [4.69, 9.17) is 21.2 Å². The number of benzene rings is 1. The molecule has 120 valence electrons. The lowest BCUT2D eigenvalue weighted by Crippen LogP contribution is -2.29. The van der Waals surface area contributed by atoms with Crippen molar-refractivity contribution in [1.82, 2.24) is 14.5 Å². The molecule has 1 fully saturated rings. The molecule has 1 saturated carbocycles. The second-order valence-electron chi connectivity index (χ2n) is 6.33. The lowest BCUT2D eigenvalue weighted by atomic mass is 10.1. The first-order valence-corrected chi connectivity index (χ1v) is 8.01. The average Bonchev–Trinajstić information content (AvgIpc) is 3.16. The fraction of sp³-hybridized carbons (Fsp3) is 0.412. The molecule has 0 amide bonds. The number of nitrogen functional groups attached to an aromatic ring is 1. The SMILES string of the molecule is CCOCc1nc2c(N)nc3ccccc3c2n1CC1(N)CC1. The molecule has 0 aliphatic heterocycles. The smallest absolute Gasteiger partial charge is 0.152 e. The van der Waals surface area contributed by atoms with E-state index in [2.05, 4.69) is 15.6 Å². The highest BCUT2D eigenvalue weighted by atomic mass is 16.5. The van der Waals surface area contributed by atoms with Gasteiger partial charge in [0.2, 0.25) is 0 Å². The molecule has 2 aromatic heterocycles. The minimum absolute atomic E-state index is 0.131. The van der Waals surface area contributed by atoms with Crippen molar-refractivity contribution >= 4 is 27.8 Å². The van der Waals surface area contributed by atoms with E-state index in [-0.39, 0.29) is 5.54 Å². The largest absolute Gasteiger partial charge is 0.382 e. The Labute approximate surface area is 134 Å². The van der Waals surface area contributed by atoms with E-state index in [1.807, 2.05) is 25.1 Å². The van der Waals surface area contributed by atoms with Crippen molar-refractivity contribution in [2.24, 2.45) is 5.73 Å². The van der Waals surface area contributed by atoms with Gasteiger partial charge in [0, 0.05) is 24.1 Å². The van der Waals surface area contributed by atoms with Gasteiger partial charge in [-0.25, -0.2) is 9.97 Å². The Hall–Kier alpha value is -2.18. The van der Waals surface area contributed by atoms with Crippen LogP contribution < -0.4 is 11.5 Å². The molecule has 4 rings (SSSR count). The van der Waals surface area contributed by atoms with Crippen LogP contribution in [0.15, 0.2) is 24.3 Å². The number of para-hydroxylation sites is 1. The van der Waals surface area contributed by atoms with E-state index in [1.165, 1.54) is 0 Å². The first-order chi connectivity index (χ1) is 11.1. The van der Waals surface area contributed by atoms with Crippen LogP contribution in [0.25, 0.3) is 21.9 Å². The van der Waals surface area contributed by atoms with Crippen LogP contribution in [0.1, 0.15) is 25.6 Å². The summed E-state index contributed by atoms with van der Waals surface area (Å²) in [6, 6.07) is 8.01. The van der Waals surface area contributed by atoms with Crippen LogP contribution in [-0.2, 0) is 17.9 Å². The summed E-state index contributed by atoms with van der Waals surface area (Å²) in [6.45, 7) is 3.81. The average molecular weight is 311 g/mol. The van der Waals surface area contributed by atoms with Crippen LogP contribution in [0.3, 0.4) is 0 Å². The summed E-state index contributed by atoms with van der Waals surface area (Å²) in [5, 5.41) is 1.05. The van der Waals surface area contributed by atoms with Gasteiger partial charge in [0.25, 0.3) is 0 Å². The summed E-state index contributed by atoms with van der Waals surface area (Å²) in [6.07, 6.45) is 2.08. The maximum atomic E-state index is 6.37. The van der Waals surface area contributed by atoms with E-state index in [0.29, 0.717) is 19.0 Å². The molecule has 6 nitrogen and oxygen atoms in total. The number of pyridine rings is 1. The number of ether oxygens (including phenoxy) is 1. The van der Waals surface area contributed by atoms with Gasteiger partial charge in [-0.05, 0) is 25.8 Å². The van der Waals surface area contributed by atoms with Crippen molar-refractivity contribution in [3.05, 3.63) is 30.1 Å². The Kier molecular flexibility index (Phi) is 3.25. The molecule has 2 heterocycles. The zero-order chi connectivity index (χ0) is 16.0. The molecular formula is C17H21N5O. The molecule has 0 radical (unpaired) electrons. The molecule has 3 aromatic rings. The minimum atomic E-state index is -0.131. The number of anilines is 1. The van der Waals surface area contributed by atoms with Crippen molar-refractivity contribution in [2.75, 3.05) is 12.3 Å². The second-order valence-corrected chi connectivity index (χ2v) is 6.33. The number of nitrogens with zero attached hydrogens (tertiary/aromatic N) is 3. The molecule has 23 heavy (non-hydrogen) atoms. The third-order valence-electron chi connectivity index (χ3n) is 4.49. The Morgan fingerprint density at radius 1 is 1.26 bits per heavy atom. The van der Waals surface area contributed by atoms with E-state index in [1.54, 1.807) is 0 Å². The zero-order valence-electron chi connectivity index (χ0n) is 13.2. The molecular weight excluding hydrogens is 290 g/mol. The number of imidazole rings is 1. The molecule has 0 spiro atoms. The molecule has 0 saturated heterocycles. The van der Waals surface area contributed by atoms with Gasteiger partial charge in [0.15, 0.2) is 5.82 Å². The maximum Gasteiger partial charge on any atom is 0.152 e. The van der Waals surface area contributed by atoms with Gasteiger partial charge in [-0.1, -0.05) is 18.2 Å². The fourth-order valence-electron chi connectivity index (χ4n) is 3.01. The van der Waals surface area contributed by atoms with Crippen molar-refractivity contribution in [3.8, 4) is 0 Å². The number of nitrogens with two attached hydrogens (primary N) is 2. The first kappa shape index (κ1) is 14.4. The number of aromatic nitrogens is 3. The highest BCUT2D eigenvalue weighted by molar-refractivity contribution is 6.06. The highest BCUT2D eigenvalue weighted by Gasteiger charge is 2.39. The van der Waals surface area contributed by atoms with Gasteiger partial charge in [-0.3, -0.25) is 0 Å². The summed E-state index contributed by atoms with van der Waals surface area (Å²) >= 11 is 0. The van der Waals surface area contributed by atoms with Crippen molar-refractivity contribution in [1.29, 1.82) is 0 Å². The minimum Gasteiger partial charge on any atom is -0.382 e. The quantitative estimate of drug-likeness (QED) is 0.753. The number of rotatable bonds is 5. The number of hydrogen-bond donors (Lipinski definition) is 2. The summed E-state index contributed by atoms with van der Waals surface area (Å²) < 4.78 is 7.77. The lowest BCUT2D eigenvalue weighted by molar-refractivity contribution is 0.125. The zero-order valence-corrected chi connectivity index (χ0v) is 13.2. The van der Waals surface area contributed by atoms with E-state index in [0.717, 1.165) is 47.1 Å². The topological polar surface area (TPSA) is 92.0 Å².